The summed E-state index contributed by atoms with van der Waals surface area (Å²) in [4.78, 5) is 59.6. The van der Waals surface area contributed by atoms with Crippen LogP contribution in [0.4, 0.5) is 4.79 Å². The minimum atomic E-state index is -1.81. The third kappa shape index (κ3) is 5.88. The van der Waals surface area contributed by atoms with Crippen LogP contribution >= 0.6 is 0 Å². The van der Waals surface area contributed by atoms with Gasteiger partial charge in [-0.05, 0) is 12.8 Å². The quantitative estimate of drug-likeness (QED) is 0.169. The van der Waals surface area contributed by atoms with Gasteiger partial charge in [-0.25, -0.2) is 14.4 Å². The summed E-state index contributed by atoms with van der Waals surface area (Å²) in [6.45, 7) is 0.158. The molecule has 6 atom stereocenters. The van der Waals surface area contributed by atoms with E-state index in [1.807, 2.05) is 4.98 Å². The van der Waals surface area contributed by atoms with Gasteiger partial charge in [0.05, 0.1) is 6.04 Å². The zero-order valence-corrected chi connectivity index (χ0v) is 16.1. The van der Waals surface area contributed by atoms with Gasteiger partial charge in [-0.15, -0.1) is 0 Å². The van der Waals surface area contributed by atoms with Crippen molar-refractivity contribution in [2.45, 2.75) is 49.5 Å². The minimum Gasteiger partial charge on any atom is -0.480 e. The molecule has 172 valence electrons. The predicted molar refractivity (Wildman–Crippen MR) is 102 cm³/mol. The monoisotopic (exact) mass is 444 g/mol. The molecule has 1 saturated heterocycles. The Balaban J connectivity index is 2.09. The van der Waals surface area contributed by atoms with E-state index in [4.69, 9.17) is 16.2 Å². The van der Waals surface area contributed by atoms with Crippen LogP contribution in [-0.2, 0) is 14.3 Å². The minimum absolute atomic E-state index is 0.0878. The molecule has 2 rings (SSSR count). The number of nitrogens with one attached hydrogen (secondary N) is 3. The number of hydrogen-bond donors (Lipinski definition) is 8. The van der Waals surface area contributed by atoms with Gasteiger partial charge in [0.15, 0.2) is 12.3 Å². The Labute approximate surface area is 174 Å². The fraction of sp³-hybridized carbons (Fsp3) is 0.562. The van der Waals surface area contributed by atoms with Crippen LogP contribution in [0.2, 0.25) is 0 Å². The van der Waals surface area contributed by atoms with Crippen LogP contribution in [0.3, 0.4) is 0 Å². The number of aliphatic carboxylic acids is 1. The standard InChI is InChI=1S/C16H24N6O9/c17-6(2-1-4-19-15(18)29)12(26)21-8(14(27)28)11-9(24)10(25)13(31-11)22-5-3-7(23)20-16(22)30/h3,5-6,8-11,13,24-25H,1-2,4,17H2,(H,21,26)(H,27,28)(H3,18,19,29)(H,20,23,30)/t6-,8-,9+,10+,11?,13+/m0/s1. The molecule has 1 unspecified atom stereocenters. The number of aromatic amines is 1. The summed E-state index contributed by atoms with van der Waals surface area (Å²) in [7, 11) is 0. The van der Waals surface area contributed by atoms with E-state index in [-0.39, 0.29) is 19.4 Å². The highest BCUT2D eigenvalue weighted by Crippen LogP contribution is 2.30. The molecule has 2 heterocycles. The second kappa shape index (κ2) is 10.2. The smallest absolute Gasteiger partial charge is 0.330 e. The summed E-state index contributed by atoms with van der Waals surface area (Å²) >= 11 is 0. The highest BCUT2D eigenvalue weighted by atomic mass is 16.6. The van der Waals surface area contributed by atoms with Gasteiger partial charge in [0.2, 0.25) is 5.91 Å². The van der Waals surface area contributed by atoms with E-state index in [2.05, 4.69) is 10.6 Å². The van der Waals surface area contributed by atoms with Gasteiger partial charge < -0.3 is 42.2 Å². The lowest BCUT2D eigenvalue weighted by atomic mass is 10.0. The van der Waals surface area contributed by atoms with Gasteiger partial charge in [0.1, 0.15) is 18.3 Å². The molecular formula is C16H24N6O9. The van der Waals surface area contributed by atoms with Gasteiger partial charge in [0.25, 0.3) is 5.56 Å². The number of ether oxygens (including phenoxy) is 1. The molecule has 15 nitrogen and oxygen atoms in total. The number of aliphatic hydroxyl groups excluding tert-OH is 2. The number of carboxylic acids is 1. The van der Waals surface area contributed by atoms with Crippen molar-refractivity contribution >= 4 is 17.9 Å². The first kappa shape index (κ1) is 24.0. The number of nitrogens with two attached hydrogens (primary N) is 2. The molecule has 31 heavy (non-hydrogen) atoms. The topological polar surface area (TPSA) is 252 Å². The molecule has 0 aliphatic carbocycles. The van der Waals surface area contributed by atoms with Gasteiger partial charge >= 0.3 is 17.7 Å². The van der Waals surface area contributed by atoms with Crippen molar-refractivity contribution in [2.75, 3.05) is 6.54 Å². The molecule has 1 fully saturated rings. The van der Waals surface area contributed by atoms with Crippen LogP contribution in [0.15, 0.2) is 21.9 Å². The number of rotatable bonds is 9. The van der Waals surface area contributed by atoms with Crippen LogP contribution in [0.25, 0.3) is 0 Å². The average molecular weight is 444 g/mol. The number of carbonyl (C=O) groups excluding carboxylic acids is 2. The van der Waals surface area contributed by atoms with Crippen LogP contribution in [0.1, 0.15) is 19.1 Å². The number of hydrogen-bond acceptors (Lipinski definition) is 9. The number of nitrogens with zero attached hydrogens (tertiary/aromatic N) is 1. The lowest BCUT2D eigenvalue weighted by Gasteiger charge is -2.24. The SMILES string of the molecule is NC(=O)NCCC[C@H](N)C(=O)N[C@H](C(=O)O)C1O[C@@H](n2ccc(=O)[nH]c2=O)[C@H](O)[C@H]1O. The molecule has 1 aromatic heterocycles. The fourth-order valence-electron chi connectivity index (χ4n) is 3.03. The van der Waals surface area contributed by atoms with Crippen LogP contribution < -0.4 is 33.3 Å². The zero-order valence-electron chi connectivity index (χ0n) is 16.1. The maximum Gasteiger partial charge on any atom is 0.330 e. The second-order valence-electron chi connectivity index (χ2n) is 6.85. The zero-order chi connectivity index (χ0) is 23.3. The number of carboxylic acid groups (broad SMARTS) is 1. The Kier molecular flexibility index (Phi) is 7.87. The molecule has 1 aromatic rings. The van der Waals surface area contributed by atoms with Crippen LogP contribution in [0.5, 0.6) is 0 Å². The third-order valence-electron chi connectivity index (χ3n) is 4.62. The van der Waals surface area contributed by atoms with Crippen molar-refractivity contribution in [3.63, 3.8) is 0 Å². The molecule has 1 aliphatic rings. The largest absolute Gasteiger partial charge is 0.480 e. The number of aliphatic hydroxyl groups is 2. The molecule has 1 aliphatic heterocycles. The number of primary amides is 1. The van der Waals surface area contributed by atoms with E-state index in [1.54, 1.807) is 0 Å². The Morgan fingerprint density at radius 2 is 1.94 bits per heavy atom. The van der Waals surface area contributed by atoms with Crippen LogP contribution in [-0.4, -0.2) is 79.7 Å². The first-order chi connectivity index (χ1) is 14.5. The molecule has 0 radical (unpaired) electrons. The molecule has 0 aromatic carbocycles. The van der Waals surface area contributed by atoms with E-state index < -0.39 is 65.8 Å². The molecule has 10 N–H and O–H groups in total. The Bertz CT molecular complexity index is 931. The summed E-state index contributed by atoms with van der Waals surface area (Å²) in [5, 5.41) is 34.4. The molecule has 15 heteroatoms. The van der Waals surface area contributed by atoms with E-state index >= 15 is 0 Å². The van der Waals surface area contributed by atoms with Crippen molar-refractivity contribution in [1.29, 1.82) is 0 Å². The van der Waals surface area contributed by atoms with Crippen molar-refractivity contribution < 1.29 is 34.4 Å². The number of aromatic nitrogens is 2. The summed E-state index contributed by atoms with van der Waals surface area (Å²) in [5.74, 6) is -2.46. The van der Waals surface area contributed by atoms with E-state index in [9.17, 15) is 39.3 Å². The molecule has 0 spiro atoms. The van der Waals surface area contributed by atoms with Crippen molar-refractivity contribution in [3.05, 3.63) is 33.1 Å². The van der Waals surface area contributed by atoms with Gasteiger partial charge in [-0.2, -0.15) is 0 Å². The van der Waals surface area contributed by atoms with Gasteiger partial charge in [0, 0.05) is 18.8 Å². The fourth-order valence-corrected chi connectivity index (χ4v) is 3.03. The van der Waals surface area contributed by atoms with E-state index in [1.165, 1.54) is 0 Å². The van der Waals surface area contributed by atoms with E-state index in [0.717, 1.165) is 16.8 Å². The lowest BCUT2D eigenvalue weighted by Crippen LogP contribution is -2.56. The Morgan fingerprint density at radius 1 is 1.26 bits per heavy atom. The Morgan fingerprint density at radius 3 is 2.52 bits per heavy atom. The maximum atomic E-state index is 12.3. The summed E-state index contributed by atoms with van der Waals surface area (Å²) in [6, 6.07) is -2.72. The summed E-state index contributed by atoms with van der Waals surface area (Å²) in [5.41, 5.74) is 8.97. The summed E-state index contributed by atoms with van der Waals surface area (Å²) < 4.78 is 6.14. The predicted octanol–water partition coefficient (Wildman–Crippen LogP) is -4.50. The average Bonchev–Trinajstić information content (AvgIpc) is 2.97. The normalized spacial score (nSPS) is 24.9. The second-order valence-corrected chi connectivity index (χ2v) is 6.85. The number of H-pyrrole nitrogens is 1. The lowest BCUT2D eigenvalue weighted by molar-refractivity contribution is -0.149. The number of amides is 3. The van der Waals surface area contributed by atoms with E-state index in [0.29, 0.717) is 0 Å². The highest BCUT2D eigenvalue weighted by Gasteiger charge is 2.50. The number of urea groups is 1. The molecule has 0 saturated carbocycles. The van der Waals surface area contributed by atoms with Crippen molar-refractivity contribution in [3.8, 4) is 0 Å². The van der Waals surface area contributed by atoms with Crippen molar-refractivity contribution in [2.24, 2.45) is 11.5 Å². The van der Waals surface area contributed by atoms with Gasteiger partial charge in [-0.3, -0.25) is 19.1 Å². The highest BCUT2D eigenvalue weighted by molar-refractivity contribution is 5.87. The molecular weight excluding hydrogens is 420 g/mol. The van der Waals surface area contributed by atoms with Crippen molar-refractivity contribution in [1.82, 2.24) is 20.2 Å². The Hall–Kier alpha value is -3.27. The van der Waals surface area contributed by atoms with Gasteiger partial charge in [-0.1, -0.05) is 0 Å². The first-order valence-corrected chi connectivity index (χ1v) is 9.18. The first-order valence-electron chi connectivity index (χ1n) is 9.18. The third-order valence-corrected chi connectivity index (χ3v) is 4.62. The molecule has 3 amide bonds. The number of carbonyl (C=O) groups is 3. The maximum absolute atomic E-state index is 12.3. The molecule has 0 bridgehead atoms. The summed E-state index contributed by atoms with van der Waals surface area (Å²) in [6.07, 6.45) is -5.30. The van der Waals surface area contributed by atoms with Crippen LogP contribution in [0, 0.1) is 0 Å².